The molecule has 0 radical (unpaired) electrons. The Labute approximate surface area is 118 Å². The van der Waals surface area contributed by atoms with Crippen LogP contribution in [0, 0.1) is 6.92 Å². The van der Waals surface area contributed by atoms with Crippen LogP contribution in [0.4, 0.5) is 0 Å². The van der Waals surface area contributed by atoms with E-state index in [1.165, 1.54) is 16.8 Å². The fourth-order valence-corrected chi connectivity index (χ4v) is 1.92. The van der Waals surface area contributed by atoms with Gasteiger partial charge in [-0.15, -0.1) is 5.10 Å². The SMILES string of the molecule is Cc1nc(C(=O)ON2C(=O)c3ccccc3C2=O)nn1C. The Kier molecular flexibility index (Phi) is 2.79. The van der Waals surface area contributed by atoms with Gasteiger partial charge in [0.25, 0.3) is 17.6 Å². The lowest BCUT2D eigenvalue weighted by Crippen LogP contribution is -2.33. The number of aryl methyl sites for hydroxylation is 2. The van der Waals surface area contributed by atoms with Crippen LogP contribution in [0.15, 0.2) is 24.3 Å². The summed E-state index contributed by atoms with van der Waals surface area (Å²) >= 11 is 0. The Bertz CT molecular complexity index is 726. The predicted molar refractivity (Wildman–Crippen MR) is 68.1 cm³/mol. The van der Waals surface area contributed by atoms with Crippen molar-refractivity contribution in [2.45, 2.75) is 6.92 Å². The second kappa shape index (κ2) is 4.51. The summed E-state index contributed by atoms with van der Waals surface area (Å²) in [5, 5.41) is 4.26. The van der Waals surface area contributed by atoms with Gasteiger partial charge in [-0.05, 0) is 19.1 Å². The van der Waals surface area contributed by atoms with Crippen LogP contribution in [0.2, 0.25) is 0 Å². The molecule has 0 saturated heterocycles. The van der Waals surface area contributed by atoms with Crippen molar-refractivity contribution in [1.82, 2.24) is 19.8 Å². The third kappa shape index (κ3) is 1.97. The highest BCUT2D eigenvalue weighted by atomic mass is 16.7. The summed E-state index contributed by atoms with van der Waals surface area (Å²) in [7, 11) is 1.61. The van der Waals surface area contributed by atoms with Crippen molar-refractivity contribution in [3.8, 4) is 0 Å². The van der Waals surface area contributed by atoms with E-state index < -0.39 is 17.8 Å². The lowest BCUT2D eigenvalue weighted by molar-refractivity contribution is -0.0592. The third-order valence-electron chi connectivity index (χ3n) is 3.09. The molecule has 0 spiro atoms. The number of fused-ring (bicyclic) bond motifs is 1. The lowest BCUT2D eigenvalue weighted by atomic mass is 10.1. The number of rotatable bonds is 2. The molecule has 1 aromatic heterocycles. The molecule has 1 aliphatic rings. The molecule has 2 aromatic rings. The average Bonchev–Trinajstić information content (AvgIpc) is 2.93. The number of nitrogens with zero attached hydrogens (tertiary/aromatic N) is 4. The Balaban J connectivity index is 1.85. The van der Waals surface area contributed by atoms with Crippen LogP contribution >= 0.6 is 0 Å². The highest BCUT2D eigenvalue weighted by molar-refractivity contribution is 6.21. The van der Waals surface area contributed by atoms with Crippen LogP contribution in [0.1, 0.15) is 37.2 Å². The van der Waals surface area contributed by atoms with E-state index in [4.69, 9.17) is 4.84 Å². The summed E-state index contributed by atoms with van der Waals surface area (Å²) in [5.74, 6) is -2.04. The van der Waals surface area contributed by atoms with Crippen LogP contribution in [-0.4, -0.2) is 37.6 Å². The van der Waals surface area contributed by atoms with Crippen molar-refractivity contribution in [2.24, 2.45) is 7.05 Å². The van der Waals surface area contributed by atoms with Gasteiger partial charge in [0.1, 0.15) is 5.82 Å². The molecule has 106 valence electrons. The largest absolute Gasteiger partial charge is 0.403 e. The quantitative estimate of drug-likeness (QED) is 0.746. The van der Waals surface area contributed by atoms with Crippen LogP contribution in [-0.2, 0) is 11.9 Å². The molecule has 8 heteroatoms. The van der Waals surface area contributed by atoms with Crippen molar-refractivity contribution in [3.05, 3.63) is 47.0 Å². The average molecular weight is 286 g/mol. The van der Waals surface area contributed by atoms with Crippen LogP contribution < -0.4 is 0 Å². The number of aromatic nitrogens is 3. The second-order valence-corrected chi connectivity index (χ2v) is 4.44. The summed E-state index contributed by atoms with van der Waals surface area (Å²) in [6, 6.07) is 6.23. The fourth-order valence-electron chi connectivity index (χ4n) is 1.92. The Morgan fingerprint density at radius 1 is 1.14 bits per heavy atom. The molecule has 0 atom stereocenters. The molecule has 8 nitrogen and oxygen atoms in total. The Hall–Kier alpha value is -3.03. The first kappa shape index (κ1) is 13.0. The first-order valence-corrected chi connectivity index (χ1v) is 6.07. The summed E-state index contributed by atoms with van der Waals surface area (Å²) in [6.45, 7) is 1.66. The number of carbonyl (C=O) groups is 3. The molecule has 0 unspecified atom stereocenters. The molecule has 0 N–H and O–H groups in total. The van der Waals surface area contributed by atoms with Gasteiger partial charge in [0.15, 0.2) is 0 Å². The zero-order valence-corrected chi connectivity index (χ0v) is 11.2. The fraction of sp³-hybridized carbons (Fsp3) is 0.154. The molecule has 1 aromatic carbocycles. The summed E-state index contributed by atoms with van der Waals surface area (Å²) in [6.07, 6.45) is 0. The van der Waals surface area contributed by atoms with Crippen molar-refractivity contribution in [3.63, 3.8) is 0 Å². The molecule has 3 rings (SSSR count). The zero-order valence-electron chi connectivity index (χ0n) is 11.2. The van der Waals surface area contributed by atoms with E-state index in [1.807, 2.05) is 0 Å². The summed E-state index contributed by atoms with van der Waals surface area (Å²) in [5.41, 5.74) is 0.390. The van der Waals surface area contributed by atoms with Gasteiger partial charge < -0.3 is 4.84 Å². The van der Waals surface area contributed by atoms with Crippen molar-refractivity contribution < 1.29 is 19.2 Å². The number of hydrogen-bond donors (Lipinski definition) is 0. The maximum absolute atomic E-state index is 12.0. The monoisotopic (exact) mass is 286 g/mol. The van der Waals surface area contributed by atoms with Gasteiger partial charge in [-0.3, -0.25) is 14.3 Å². The lowest BCUT2D eigenvalue weighted by Gasteiger charge is -2.10. The number of imide groups is 1. The van der Waals surface area contributed by atoms with E-state index in [0.717, 1.165) is 0 Å². The maximum atomic E-state index is 12.0. The van der Waals surface area contributed by atoms with Crippen molar-refractivity contribution in [1.29, 1.82) is 0 Å². The number of amides is 2. The normalized spacial score (nSPS) is 13.5. The molecule has 0 bridgehead atoms. The van der Waals surface area contributed by atoms with Gasteiger partial charge in [0, 0.05) is 7.05 Å². The van der Waals surface area contributed by atoms with E-state index in [9.17, 15) is 14.4 Å². The van der Waals surface area contributed by atoms with Gasteiger partial charge in [0.2, 0.25) is 0 Å². The van der Waals surface area contributed by atoms with E-state index in [0.29, 0.717) is 10.9 Å². The minimum atomic E-state index is -0.965. The second-order valence-electron chi connectivity index (χ2n) is 4.44. The van der Waals surface area contributed by atoms with Crippen LogP contribution in [0.3, 0.4) is 0 Å². The van der Waals surface area contributed by atoms with Crippen LogP contribution in [0.25, 0.3) is 0 Å². The smallest absolute Gasteiger partial charge is 0.321 e. The van der Waals surface area contributed by atoms with E-state index in [1.54, 1.807) is 26.1 Å². The minimum Gasteiger partial charge on any atom is -0.321 e. The van der Waals surface area contributed by atoms with Gasteiger partial charge in [0.05, 0.1) is 11.1 Å². The molecular formula is C13H10N4O4. The minimum absolute atomic E-state index is 0.195. The van der Waals surface area contributed by atoms with Crippen LogP contribution in [0.5, 0.6) is 0 Å². The highest BCUT2D eigenvalue weighted by Crippen LogP contribution is 2.22. The maximum Gasteiger partial charge on any atom is 0.403 e. The molecule has 21 heavy (non-hydrogen) atoms. The van der Waals surface area contributed by atoms with Gasteiger partial charge >= 0.3 is 5.97 Å². The van der Waals surface area contributed by atoms with Crippen molar-refractivity contribution >= 4 is 17.8 Å². The van der Waals surface area contributed by atoms with Gasteiger partial charge in [-0.1, -0.05) is 17.2 Å². The zero-order chi connectivity index (χ0) is 15.1. The van der Waals surface area contributed by atoms with E-state index in [-0.39, 0.29) is 17.0 Å². The predicted octanol–water partition coefficient (Wildman–Crippen LogP) is 0.492. The topological polar surface area (TPSA) is 94.4 Å². The molecule has 1 aliphatic heterocycles. The highest BCUT2D eigenvalue weighted by Gasteiger charge is 2.39. The number of benzene rings is 1. The molecule has 0 fully saturated rings. The number of carbonyl (C=O) groups excluding carboxylic acids is 3. The third-order valence-corrected chi connectivity index (χ3v) is 3.09. The van der Waals surface area contributed by atoms with E-state index >= 15 is 0 Å². The number of hydroxylamine groups is 2. The van der Waals surface area contributed by atoms with E-state index in [2.05, 4.69) is 10.1 Å². The van der Waals surface area contributed by atoms with Crippen molar-refractivity contribution in [2.75, 3.05) is 0 Å². The molecular weight excluding hydrogens is 276 g/mol. The summed E-state index contributed by atoms with van der Waals surface area (Å²) < 4.78 is 1.39. The molecule has 0 aliphatic carbocycles. The van der Waals surface area contributed by atoms with Gasteiger partial charge in [-0.2, -0.15) is 0 Å². The molecule has 0 saturated carbocycles. The van der Waals surface area contributed by atoms with Gasteiger partial charge in [-0.25, -0.2) is 9.78 Å². The standard InChI is InChI=1S/C13H10N4O4/c1-7-14-10(15-16(7)2)13(20)21-17-11(18)8-5-3-4-6-9(8)12(17)19/h3-6H,1-2H3. The molecule has 2 heterocycles. The Morgan fingerprint density at radius 2 is 1.71 bits per heavy atom. The molecule has 2 amide bonds. The number of hydrogen-bond acceptors (Lipinski definition) is 6. The summed E-state index contributed by atoms with van der Waals surface area (Å²) in [4.78, 5) is 44.7. The Morgan fingerprint density at radius 3 is 2.19 bits per heavy atom. The first-order valence-electron chi connectivity index (χ1n) is 6.07. The first-order chi connectivity index (χ1) is 9.99.